The van der Waals surface area contributed by atoms with Gasteiger partial charge in [0.15, 0.2) is 0 Å². The molecule has 5 heteroatoms. The smallest absolute Gasteiger partial charge is 0.307 e. The third-order valence-electron chi connectivity index (χ3n) is 1.53. The number of carboxylic acids is 1. The van der Waals surface area contributed by atoms with E-state index in [1.807, 2.05) is 0 Å². The maximum atomic E-state index is 10.4. The molecular formula is C8H7Br2NO2. The molecule has 1 rings (SSSR count). The van der Waals surface area contributed by atoms with Gasteiger partial charge in [0.2, 0.25) is 0 Å². The highest BCUT2D eigenvalue weighted by molar-refractivity contribution is 9.13. The molecule has 0 bridgehead atoms. The standard InChI is InChI=1S/C8H7Br2NO2/c9-7-4(3-6(12)13)1-2-5(11)8(7)10/h1-2H,3,11H2,(H,12,13). The van der Waals surface area contributed by atoms with Crippen molar-refractivity contribution in [3.05, 3.63) is 26.6 Å². The lowest BCUT2D eigenvalue weighted by Crippen LogP contribution is -2.01. The molecule has 0 radical (unpaired) electrons. The summed E-state index contributed by atoms with van der Waals surface area (Å²) >= 11 is 6.52. The fourth-order valence-electron chi connectivity index (χ4n) is 0.904. The first-order chi connectivity index (χ1) is 6.02. The van der Waals surface area contributed by atoms with E-state index < -0.39 is 5.97 Å². The molecule has 1 aromatic carbocycles. The highest BCUT2D eigenvalue weighted by Crippen LogP contribution is 2.32. The molecule has 0 aliphatic carbocycles. The zero-order valence-electron chi connectivity index (χ0n) is 6.55. The van der Waals surface area contributed by atoms with Gasteiger partial charge in [-0.15, -0.1) is 0 Å². The number of nitrogens with two attached hydrogens (primary N) is 1. The van der Waals surface area contributed by atoms with Gasteiger partial charge in [-0.3, -0.25) is 4.79 Å². The molecule has 0 unspecified atom stereocenters. The molecule has 0 amide bonds. The summed E-state index contributed by atoms with van der Waals surface area (Å²) in [7, 11) is 0. The fraction of sp³-hybridized carbons (Fsp3) is 0.125. The van der Waals surface area contributed by atoms with E-state index in [0.717, 1.165) is 0 Å². The van der Waals surface area contributed by atoms with E-state index in [-0.39, 0.29) is 6.42 Å². The number of carboxylic acid groups (broad SMARTS) is 1. The summed E-state index contributed by atoms with van der Waals surface area (Å²) in [6.07, 6.45) is -0.0144. The van der Waals surface area contributed by atoms with Gasteiger partial charge in [0, 0.05) is 10.2 Å². The van der Waals surface area contributed by atoms with E-state index in [4.69, 9.17) is 10.8 Å². The SMILES string of the molecule is Nc1ccc(CC(=O)O)c(Br)c1Br. The van der Waals surface area contributed by atoms with Gasteiger partial charge in [-0.05, 0) is 43.5 Å². The lowest BCUT2D eigenvalue weighted by atomic mass is 10.1. The highest BCUT2D eigenvalue weighted by Gasteiger charge is 2.09. The zero-order valence-corrected chi connectivity index (χ0v) is 9.72. The number of aliphatic carboxylic acids is 1. The minimum atomic E-state index is -0.864. The van der Waals surface area contributed by atoms with Gasteiger partial charge < -0.3 is 10.8 Å². The minimum absolute atomic E-state index is 0.0144. The molecule has 0 aliphatic rings. The van der Waals surface area contributed by atoms with Crippen LogP contribution in [0.5, 0.6) is 0 Å². The maximum Gasteiger partial charge on any atom is 0.307 e. The molecule has 0 spiro atoms. The normalized spacial score (nSPS) is 10.0. The van der Waals surface area contributed by atoms with Gasteiger partial charge in [-0.25, -0.2) is 0 Å². The van der Waals surface area contributed by atoms with Crippen molar-refractivity contribution >= 4 is 43.5 Å². The molecule has 3 nitrogen and oxygen atoms in total. The van der Waals surface area contributed by atoms with Crippen molar-refractivity contribution in [2.24, 2.45) is 0 Å². The third-order valence-corrected chi connectivity index (χ3v) is 3.83. The van der Waals surface area contributed by atoms with Crippen LogP contribution in [0.3, 0.4) is 0 Å². The number of benzene rings is 1. The van der Waals surface area contributed by atoms with Crippen molar-refractivity contribution in [1.29, 1.82) is 0 Å². The topological polar surface area (TPSA) is 63.3 Å². The Bertz CT molecular complexity index is 352. The molecule has 0 heterocycles. The van der Waals surface area contributed by atoms with E-state index in [1.54, 1.807) is 12.1 Å². The molecule has 0 saturated heterocycles. The molecule has 1 aromatic rings. The number of hydrogen-bond donors (Lipinski definition) is 2. The molecular weight excluding hydrogens is 302 g/mol. The summed E-state index contributed by atoms with van der Waals surface area (Å²) in [5, 5.41) is 8.58. The van der Waals surface area contributed by atoms with Crippen LogP contribution in [0.25, 0.3) is 0 Å². The first kappa shape index (κ1) is 10.5. The van der Waals surface area contributed by atoms with Gasteiger partial charge in [-0.1, -0.05) is 6.07 Å². The second-order valence-corrected chi connectivity index (χ2v) is 4.10. The first-order valence-corrected chi connectivity index (χ1v) is 5.05. The van der Waals surface area contributed by atoms with E-state index >= 15 is 0 Å². The first-order valence-electron chi connectivity index (χ1n) is 3.46. The van der Waals surface area contributed by atoms with E-state index in [0.29, 0.717) is 20.2 Å². The van der Waals surface area contributed by atoms with Crippen LogP contribution in [0.4, 0.5) is 5.69 Å². The molecule has 0 saturated carbocycles. The molecule has 13 heavy (non-hydrogen) atoms. The monoisotopic (exact) mass is 307 g/mol. The largest absolute Gasteiger partial charge is 0.481 e. The Hall–Kier alpha value is -0.550. The van der Waals surface area contributed by atoms with Crippen LogP contribution in [0.15, 0.2) is 21.1 Å². The third kappa shape index (κ3) is 2.45. The molecule has 0 atom stereocenters. The van der Waals surface area contributed by atoms with Gasteiger partial charge >= 0.3 is 5.97 Å². The van der Waals surface area contributed by atoms with Crippen molar-refractivity contribution < 1.29 is 9.90 Å². The molecule has 70 valence electrons. The van der Waals surface area contributed by atoms with Crippen molar-refractivity contribution in [3.8, 4) is 0 Å². The van der Waals surface area contributed by atoms with E-state index in [9.17, 15) is 4.79 Å². The van der Waals surface area contributed by atoms with Crippen molar-refractivity contribution in [3.63, 3.8) is 0 Å². The highest BCUT2D eigenvalue weighted by atomic mass is 79.9. The number of carbonyl (C=O) groups is 1. The van der Waals surface area contributed by atoms with Gasteiger partial charge in [0.05, 0.1) is 10.9 Å². The Morgan fingerprint density at radius 1 is 1.38 bits per heavy atom. The number of rotatable bonds is 2. The molecule has 0 aromatic heterocycles. The Balaban J connectivity index is 3.10. The molecule has 0 fully saturated rings. The van der Waals surface area contributed by atoms with Crippen LogP contribution in [-0.4, -0.2) is 11.1 Å². The Morgan fingerprint density at radius 2 is 2.00 bits per heavy atom. The zero-order chi connectivity index (χ0) is 10.0. The van der Waals surface area contributed by atoms with Gasteiger partial charge in [-0.2, -0.15) is 0 Å². The number of hydrogen-bond acceptors (Lipinski definition) is 2. The average Bonchev–Trinajstić information content (AvgIpc) is 2.06. The second kappa shape index (κ2) is 4.11. The van der Waals surface area contributed by atoms with Crippen LogP contribution in [-0.2, 0) is 11.2 Å². The lowest BCUT2D eigenvalue weighted by molar-refractivity contribution is -0.136. The fourth-order valence-corrected chi connectivity index (χ4v) is 1.79. The maximum absolute atomic E-state index is 10.4. The van der Waals surface area contributed by atoms with Crippen LogP contribution in [0.2, 0.25) is 0 Å². The molecule has 3 N–H and O–H groups in total. The summed E-state index contributed by atoms with van der Waals surface area (Å²) in [4.78, 5) is 10.4. The minimum Gasteiger partial charge on any atom is -0.481 e. The number of halogens is 2. The summed E-state index contributed by atoms with van der Waals surface area (Å²) in [6.45, 7) is 0. The number of anilines is 1. The molecule has 0 aliphatic heterocycles. The van der Waals surface area contributed by atoms with Gasteiger partial charge in [0.1, 0.15) is 0 Å². The van der Waals surface area contributed by atoms with E-state index in [1.165, 1.54) is 0 Å². The Morgan fingerprint density at radius 3 is 2.54 bits per heavy atom. The van der Waals surface area contributed by atoms with Gasteiger partial charge in [0.25, 0.3) is 0 Å². The quantitative estimate of drug-likeness (QED) is 0.825. The van der Waals surface area contributed by atoms with Crippen LogP contribution in [0, 0.1) is 0 Å². The summed E-state index contributed by atoms with van der Waals surface area (Å²) in [5.41, 5.74) is 6.88. The predicted molar refractivity (Wildman–Crippen MR) is 57.6 cm³/mol. The van der Waals surface area contributed by atoms with Crippen LogP contribution >= 0.6 is 31.9 Å². The predicted octanol–water partition coefficient (Wildman–Crippen LogP) is 2.42. The Labute approximate surface area is 92.2 Å². The van der Waals surface area contributed by atoms with Crippen molar-refractivity contribution in [2.45, 2.75) is 6.42 Å². The summed E-state index contributed by atoms with van der Waals surface area (Å²) in [5.74, 6) is -0.864. The average molecular weight is 309 g/mol. The summed E-state index contributed by atoms with van der Waals surface area (Å²) in [6, 6.07) is 3.37. The summed E-state index contributed by atoms with van der Waals surface area (Å²) < 4.78 is 1.40. The second-order valence-electron chi connectivity index (χ2n) is 2.51. The van der Waals surface area contributed by atoms with Crippen molar-refractivity contribution in [2.75, 3.05) is 5.73 Å². The lowest BCUT2D eigenvalue weighted by Gasteiger charge is -2.05. The van der Waals surface area contributed by atoms with Crippen molar-refractivity contribution in [1.82, 2.24) is 0 Å². The van der Waals surface area contributed by atoms with Crippen LogP contribution < -0.4 is 5.73 Å². The van der Waals surface area contributed by atoms with E-state index in [2.05, 4.69) is 31.9 Å². The number of nitrogen functional groups attached to an aromatic ring is 1. The van der Waals surface area contributed by atoms with Crippen LogP contribution in [0.1, 0.15) is 5.56 Å². The Kier molecular flexibility index (Phi) is 3.33.